The molecule has 1 heterocycles. The fraction of sp³-hybridized carbons (Fsp3) is 0.600. The molecule has 1 aromatic heterocycles. The molecule has 1 N–H and O–H groups in total. The van der Waals surface area contributed by atoms with Crippen LogP contribution in [-0.4, -0.2) is 22.6 Å². The van der Waals surface area contributed by atoms with Gasteiger partial charge in [0.15, 0.2) is 0 Å². The van der Waals surface area contributed by atoms with Crippen LogP contribution in [0.1, 0.15) is 32.5 Å². The van der Waals surface area contributed by atoms with Crippen molar-refractivity contribution in [3.05, 3.63) is 22.7 Å². The third-order valence-corrected chi connectivity index (χ3v) is 2.73. The van der Waals surface area contributed by atoms with Gasteiger partial charge in [0.2, 0.25) is 0 Å². The summed E-state index contributed by atoms with van der Waals surface area (Å²) in [6.07, 6.45) is 3.58. The van der Waals surface area contributed by atoms with Gasteiger partial charge >= 0.3 is 0 Å². The first kappa shape index (κ1) is 11.6. The van der Waals surface area contributed by atoms with Crippen LogP contribution < -0.4 is 5.32 Å². The van der Waals surface area contributed by atoms with Gasteiger partial charge in [0.25, 0.3) is 0 Å². The minimum Gasteiger partial charge on any atom is -0.314 e. The van der Waals surface area contributed by atoms with Gasteiger partial charge < -0.3 is 5.32 Å². The van der Waals surface area contributed by atoms with Crippen molar-refractivity contribution in [1.29, 1.82) is 0 Å². The Morgan fingerprint density at radius 1 is 1.36 bits per heavy atom. The number of hydrogen-bond acceptors (Lipinski definition) is 3. The predicted octanol–water partition coefficient (Wildman–Crippen LogP) is 2.34. The lowest BCUT2D eigenvalue weighted by molar-refractivity contribution is 0.478. The van der Waals surface area contributed by atoms with E-state index < -0.39 is 0 Å². The molecule has 2 unspecified atom stereocenters. The van der Waals surface area contributed by atoms with E-state index in [-0.39, 0.29) is 0 Å². The summed E-state index contributed by atoms with van der Waals surface area (Å²) < 4.78 is 0.921. The van der Waals surface area contributed by atoms with Crippen molar-refractivity contribution >= 4 is 15.9 Å². The zero-order chi connectivity index (χ0) is 10.6. The summed E-state index contributed by atoms with van der Waals surface area (Å²) in [6.45, 7) is 7.36. The number of nitrogens with one attached hydrogen (secondary N) is 1. The molecule has 4 heteroatoms. The highest BCUT2D eigenvalue weighted by Crippen LogP contribution is 2.15. The van der Waals surface area contributed by atoms with E-state index in [2.05, 4.69) is 52.0 Å². The van der Waals surface area contributed by atoms with Crippen molar-refractivity contribution in [2.75, 3.05) is 6.54 Å². The monoisotopic (exact) mass is 257 g/mol. The van der Waals surface area contributed by atoms with Crippen LogP contribution in [0.4, 0.5) is 0 Å². The maximum Gasteiger partial charge on any atom is 0.132 e. The standard InChI is InChI=1S/C10H16BrN3/c1-4-12-8(3)7(2)10-13-5-9(11)6-14-10/h5-8,12H,4H2,1-3H3. The summed E-state index contributed by atoms with van der Waals surface area (Å²) >= 11 is 3.32. The molecule has 2 atom stereocenters. The minimum atomic E-state index is 0.336. The molecular weight excluding hydrogens is 242 g/mol. The van der Waals surface area contributed by atoms with Gasteiger partial charge in [0.1, 0.15) is 5.82 Å². The number of halogens is 1. The highest BCUT2D eigenvalue weighted by atomic mass is 79.9. The molecule has 0 saturated carbocycles. The van der Waals surface area contributed by atoms with E-state index in [0.29, 0.717) is 12.0 Å². The quantitative estimate of drug-likeness (QED) is 0.900. The fourth-order valence-electron chi connectivity index (χ4n) is 1.28. The molecule has 1 rings (SSSR count). The van der Waals surface area contributed by atoms with Gasteiger partial charge in [0.05, 0.1) is 4.47 Å². The average molecular weight is 258 g/mol. The smallest absolute Gasteiger partial charge is 0.132 e. The first-order chi connectivity index (χ1) is 6.65. The van der Waals surface area contributed by atoms with E-state index in [0.717, 1.165) is 16.8 Å². The molecule has 14 heavy (non-hydrogen) atoms. The first-order valence-corrected chi connectivity index (χ1v) is 5.65. The largest absolute Gasteiger partial charge is 0.314 e. The van der Waals surface area contributed by atoms with Gasteiger partial charge in [0, 0.05) is 24.4 Å². The van der Waals surface area contributed by atoms with E-state index in [4.69, 9.17) is 0 Å². The summed E-state index contributed by atoms with van der Waals surface area (Å²) in [5, 5.41) is 3.37. The molecule has 0 aliphatic heterocycles. The Bertz CT molecular complexity index is 273. The number of rotatable bonds is 4. The van der Waals surface area contributed by atoms with Crippen LogP contribution in [0.25, 0.3) is 0 Å². The molecule has 0 amide bonds. The molecule has 0 aliphatic carbocycles. The summed E-state index contributed by atoms with van der Waals surface area (Å²) in [7, 11) is 0. The molecule has 0 aliphatic rings. The Hall–Kier alpha value is -0.480. The maximum atomic E-state index is 4.28. The average Bonchev–Trinajstić information content (AvgIpc) is 2.18. The third-order valence-electron chi connectivity index (χ3n) is 2.32. The zero-order valence-electron chi connectivity index (χ0n) is 8.79. The van der Waals surface area contributed by atoms with Gasteiger partial charge in [-0.05, 0) is 29.4 Å². The summed E-state index contributed by atoms with van der Waals surface area (Å²) in [4.78, 5) is 8.57. The van der Waals surface area contributed by atoms with Crippen LogP contribution in [0.2, 0.25) is 0 Å². The van der Waals surface area contributed by atoms with Crippen LogP contribution in [0.15, 0.2) is 16.9 Å². The maximum absolute atomic E-state index is 4.28. The van der Waals surface area contributed by atoms with Crippen molar-refractivity contribution in [3.63, 3.8) is 0 Å². The molecule has 3 nitrogen and oxygen atoms in total. The van der Waals surface area contributed by atoms with E-state index in [1.54, 1.807) is 12.4 Å². The number of hydrogen-bond donors (Lipinski definition) is 1. The molecule has 0 saturated heterocycles. The Kier molecular flexibility index (Phi) is 4.48. The molecule has 0 fully saturated rings. The van der Waals surface area contributed by atoms with E-state index in [9.17, 15) is 0 Å². The SMILES string of the molecule is CCNC(C)C(C)c1ncc(Br)cn1. The topological polar surface area (TPSA) is 37.8 Å². The van der Waals surface area contributed by atoms with Gasteiger partial charge in [-0.25, -0.2) is 9.97 Å². The van der Waals surface area contributed by atoms with Crippen LogP contribution in [-0.2, 0) is 0 Å². The summed E-state index contributed by atoms with van der Waals surface area (Å²) in [5.41, 5.74) is 0. The van der Waals surface area contributed by atoms with E-state index >= 15 is 0 Å². The molecule has 0 aromatic carbocycles. The molecule has 0 spiro atoms. The van der Waals surface area contributed by atoms with Gasteiger partial charge in [-0.1, -0.05) is 13.8 Å². The third kappa shape index (κ3) is 3.03. The second kappa shape index (κ2) is 5.41. The van der Waals surface area contributed by atoms with Crippen molar-refractivity contribution < 1.29 is 0 Å². The molecule has 1 aromatic rings. The van der Waals surface area contributed by atoms with Crippen molar-refractivity contribution in [1.82, 2.24) is 15.3 Å². The molecule has 0 bridgehead atoms. The highest BCUT2D eigenvalue weighted by Gasteiger charge is 2.15. The number of aromatic nitrogens is 2. The van der Waals surface area contributed by atoms with Crippen molar-refractivity contribution in [2.45, 2.75) is 32.7 Å². The Balaban J connectivity index is 2.68. The highest BCUT2D eigenvalue weighted by molar-refractivity contribution is 9.10. The molecule has 0 radical (unpaired) electrons. The van der Waals surface area contributed by atoms with Gasteiger partial charge in [-0.3, -0.25) is 0 Å². The van der Waals surface area contributed by atoms with E-state index in [1.165, 1.54) is 0 Å². The van der Waals surface area contributed by atoms with Crippen LogP contribution in [0, 0.1) is 0 Å². The second-order valence-electron chi connectivity index (χ2n) is 3.39. The van der Waals surface area contributed by atoms with Crippen molar-refractivity contribution in [3.8, 4) is 0 Å². The fourth-order valence-corrected chi connectivity index (χ4v) is 1.48. The lowest BCUT2D eigenvalue weighted by Gasteiger charge is -2.18. The van der Waals surface area contributed by atoms with Crippen LogP contribution >= 0.6 is 15.9 Å². The van der Waals surface area contributed by atoms with Crippen LogP contribution in [0.5, 0.6) is 0 Å². The minimum absolute atomic E-state index is 0.336. The van der Waals surface area contributed by atoms with Crippen LogP contribution in [0.3, 0.4) is 0 Å². The molecular formula is C10H16BrN3. The normalized spacial score (nSPS) is 15.1. The Morgan fingerprint density at radius 3 is 2.43 bits per heavy atom. The van der Waals surface area contributed by atoms with Crippen molar-refractivity contribution in [2.24, 2.45) is 0 Å². The number of nitrogens with zero attached hydrogens (tertiary/aromatic N) is 2. The molecule has 78 valence electrons. The van der Waals surface area contributed by atoms with E-state index in [1.807, 2.05) is 0 Å². The summed E-state index contributed by atoms with van der Waals surface area (Å²) in [6, 6.07) is 0.404. The Labute approximate surface area is 93.5 Å². The second-order valence-corrected chi connectivity index (χ2v) is 4.31. The predicted molar refractivity (Wildman–Crippen MR) is 61.3 cm³/mol. The lowest BCUT2D eigenvalue weighted by atomic mass is 10.0. The lowest BCUT2D eigenvalue weighted by Crippen LogP contribution is -2.31. The van der Waals surface area contributed by atoms with Gasteiger partial charge in [-0.15, -0.1) is 0 Å². The first-order valence-electron chi connectivity index (χ1n) is 4.86. The summed E-state index contributed by atoms with van der Waals surface area (Å²) in [5.74, 6) is 1.23. The van der Waals surface area contributed by atoms with Gasteiger partial charge in [-0.2, -0.15) is 0 Å². The zero-order valence-corrected chi connectivity index (χ0v) is 10.4. The Morgan fingerprint density at radius 2 is 1.93 bits per heavy atom. The number of likely N-dealkylation sites (N-methyl/N-ethyl adjacent to an activating group) is 1.